The van der Waals surface area contributed by atoms with Gasteiger partial charge in [0.05, 0.1) is 11.9 Å². The minimum absolute atomic E-state index is 0.140. The molecule has 5 N–H and O–H groups in total. The van der Waals surface area contributed by atoms with Gasteiger partial charge in [0.2, 0.25) is 0 Å². The first kappa shape index (κ1) is 11.4. The second kappa shape index (κ2) is 5.97. The molecule has 0 heterocycles. The first-order valence-corrected chi connectivity index (χ1v) is 4.24. The standard InChI is InChI=1S/C8H19N3O/c1-6(12)8(10)4-3-5-11-7(2)9/h6,8,12H,3-5,10H2,1-2H3,(H2,9,11)/t6?,8-/m1/s1. The molecule has 72 valence electrons. The summed E-state index contributed by atoms with van der Waals surface area (Å²) in [6.45, 7) is 4.15. The zero-order valence-corrected chi connectivity index (χ0v) is 7.83. The van der Waals surface area contributed by atoms with Gasteiger partial charge in [-0.15, -0.1) is 0 Å². The molecular weight excluding hydrogens is 154 g/mol. The van der Waals surface area contributed by atoms with Crippen molar-refractivity contribution in [2.24, 2.45) is 16.5 Å². The fourth-order valence-electron chi connectivity index (χ4n) is 0.824. The maximum Gasteiger partial charge on any atom is 0.0905 e. The highest BCUT2D eigenvalue weighted by atomic mass is 16.3. The number of nitrogens with two attached hydrogens (primary N) is 2. The van der Waals surface area contributed by atoms with Crippen molar-refractivity contribution in [1.29, 1.82) is 0 Å². The van der Waals surface area contributed by atoms with E-state index in [1.165, 1.54) is 0 Å². The van der Waals surface area contributed by atoms with Crippen LogP contribution in [0.3, 0.4) is 0 Å². The number of nitrogens with zero attached hydrogens (tertiary/aromatic N) is 1. The number of aliphatic imine (C=N–C) groups is 1. The molecular formula is C8H19N3O. The van der Waals surface area contributed by atoms with Gasteiger partial charge in [0.15, 0.2) is 0 Å². The minimum Gasteiger partial charge on any atom is -0.392 e. The summed E-state index contributed by atoms with van der Waals surface area (Å²) in [6, 6.07) is -0.140. The maximum atomic E-state index is 9.04. The Labute approximate surface area is 73.7 Å². The Morgan fingerprint density at radius 2 is 2.17 bits per heavy atom. The van der Waals surface area contributed by atoms with Crippen LogP contribution in [-0.4, -0.2) is 29.6 Å². The number of rotatable bonds is 5. The highest BCUT2D eigenvalue weighted by molar-refractivity contribution is 5.77. The van der Waals surface area contributed by atoms with Gasteiger partial charge in [-0.3, -0.25) is 4.99 Å². The van der Waals surface area contributed by atoms with Crippen LogP contribution >= 0.6 is 0 Å². The maximum absolute atomic E-state index is 9.04. The van der Waals surface area contributed by atoms with Crippen LogP contribution in [-0.2, 0) is 0 Å². The van der Waals surface area contributed by atoms with Crippen LogP contribution in [0.4, 0.5) is 0 Å². The Kier molecular flexibility index (Phi) is 5.66. The molecule has 0 spiro atoms. The summed E-state index contributed by atoms with van der Waals surface area (Å²) in [5, 5.41) is 9.04. The average Bonchev–Trinajstić information content (AvgIpc) is 1.97. The molecule has 0 aliphatic rings. The van der Waals surface area contributed by atoms with Crippen molar-refractivity contribution in [2.75, 3.05) is 6.54 Å². The summed E-state index contributed by atoms with van der Waals surface area (Å²) < 4.78 is 0. The van der Waals surface area contributed by atoms with Gasteiger partial charge < -0.3 is 16.6 Å². The molecule has 0 aromatic heterocycles. The molecule has 2 atom stereocenters. The summed E-state index contributed by atoms with van der Waals surface area (Å²) in [6.07, 6.45) is 1.22. The van der Waals surface area contributed by atoms with E-state index in [1.54, 1.807) is 13.8 Å². The van der Waals surface area contributed by atoms with E-state index >= 15 is 0 Å². The molecule has 0 rings (SSSR count). The molecule has 0 aliphatic carbocycles. The molecule has 12 heavy (non-hydrogen) atoms. The molecule has 0 aromatic carbocycles. The zero-order valence-electron chi connectivity index (χ0n) is 7.83. The lowest BCUT2D eigenvalue weighted by atomic mass is 10.1. The van der Waals surface area contributed by atoms with Crippen molar-refractivity contribution < 1.29 is 5.11 Å². The van der Waals surface area contributed by atoms with Gasteiger partial charge in [0, 0.05) is 12.6 Å². The average molecular weight is 173 g/mol. The van der Waals surface area contributed by atoms with Gasteiger partial charge in [0.1, 0.15) is 0 Å². The molecule has 0 saturated heterocycles. The predicted molar refractivity (Wildman–Crippen MR) is 51.1 cm³/mol. The molecule has 0 fully saturated rings. The summed E-state index contributed by atoms with van der Waals surface area (Å²) in [5.41, 5.74) is 10.9. The Bertz CT molecular complexity index is 141. The highest BCUT2D eigenvalue weighted by Crippen LogP contribution is 1.99. The van der Waals surface area contributed by atoms with Gasteiger partial charge >= 0.3 is 0 Å². The summed E-state index contributed by atoms with van der Waals surface area (Å²) in [5.74, 6) is 0.598. The lowest BCUT2D eigenvalue weighted by Crippen LogP contribution is -2.32. The van der Waals surface area contributed by atoms with Crippen molar-refractivity contribution in [3.63, 3.8) is 0 Å². The third-order valence-electron chi connectivity index (χ3n) is 1.68. The first-order valence-electron chi connectivity index (χ1n) is 4.24. The molecule has 0 aromatic rings. The van der Waals surface area contributed by atoms with E-state index in [0.29, 0.717) is 12.4 Å². The smallest absolute Gasteiger partial charge is 0.0905 e. The van der Waals surface area contributed by atoms with E-state index in [4.69, 9.17) is 16.6 Å². The Hall–Kier alpha value is -0.610. The van der Waals surface area contributed by atoms with Gasteiger partial charge in [0.25, 0.3) is 0 Å². The predicted octanol–water partition coefficient (Wildman–Crippen LogP) is -0.148. The van der Waals surface area contributed by atoms with Crippen LogP contribution in [0.25, 0.3) is 0 Å². The van der Waals surface area contributed by atoms with Crippen LogP contribution in [0.5, 0.6) is 0 Å². The molecule has 0 radical (unpaired) electrons. The fourth-order valence-corrected chi connectivity index (χ4v) is 0.824. The topological polar surface area (TPSA) is 84.6 Å². The lowest BCUT2D eigenvalue weighted by molar-refractivity contribution is 0.158. The van der Waals surface area contributed by atoms with Crippen LogP contribution in [0.2, 0.25) is 0 Å². The number of hydrogen-bond acceptors (Lipinski definition) is 3. The Morgan fingerprint density at radius 1 is 1.58 bits per heavy atom. The number of aliphatic hydroxyl groups is 1. The number of amidine groups is 1. The summed E-state index contributed by atoms with van der Waals surface area (Å²) in [4.78, 5) is 4.01. The van der Waals surface area contributed by atoms with Crippen LogP contribution in [0.15, 0.2) is 4.99 Å². The summed E-state index contributed by atoms with van der Waals surface area (Å²) in [7, 11) is 0. The minimum atomic E-state index is -0.437. The Morgan fingerprint density at radius 3 is 2.58 bits per heavy atom. The molecule has 0 aliphatic heterocycles. The fraction of sp³-hybridized carbons (Fsp3) is 0.875. The summed E-state index contributed by atoms with van der Waals surface area (Å²) >= 11 is 0. The van der Waals surface area contributed by atoms with Gasteiger partial charge in [-0.05, 0) is 26.7 Å². The second-order valence-electron chi connectivity index (χ2n) is 3.07. The van der Waals surface area contributed by atoms with E-state index in [0.717, 1.165) is 12.8 Å². The van der Waals surface area contributed by atoms with Crippen molar-refractivity contribution in [3.8, 4) is 0 Å². The molecule has 0 saturated carbocycles. The van der Waals surface area contributed by atoms with E-state index < -0.39 is 6.10 Å². The number of aliphatic hydroxyl groups excluding tert-OH is 1. The number of hydrogen-bond donors (Lipinski definition) is 3. The highest BCUT2D eigenvalue weighted by Gasteiger charge is 2.07. The van der Waals surface area contributed by atoms with Gasteiger partial charge in [-0.1, -0.05) is 0 Å². The van der Waals surface area contributed by atoms with Crippen LogP contribution < -0.4 is 11.5 Å². The molecule has 0 amide bonds. The molecule has 4 nitrogen and oxygen atoms in total. The second-order valence-corrected chi connectivity index (χ2v) is 3.07. The van der Waals surface area contributed by atoms with Gasteiger partial charge in [-0.25, -0.2) is 0 Å². The van der Waals surface area contributed by atoms with E-state index in [1.807, 2.05) is 0 Å². The third kappa shape index (κ3) is 6.12. The largest absolute Gasteiger partial charge is 0.392 e. The van der Waals surface area contributed by atoms with Crippen LogP contribution in [0.1, 0.15) is 26.7 Å². The van der Waals surface area contributed by atoms with Gasteiger partial charge in [-0.2, -0.15) is 0 Å². The third-order valence-corrected chi connectivity index (χ3v) is 1.68. The molecule has 1 unspecified atom stereocenters. The quantitative estimate of drug-likeness (QED) is 0.307. The van der Waals surface area contributed by atoms with Crippen molar-refractivity contribution >= 4 is 5.84 Å². The van der Waals surface area contributed by atoms with Crippen molar-refractivity contribution in [1.82, 2.24) is 0 Å². The molecule has 4 heteroatoms. The van der Waals surface area contributed by atoms with E-state index in [9.17, 15) is 0 Å². The SMILES string of the molecule is CC(N)=NCCC[C@@H](N)C(C)O. The molecule has 0 bridgehead atoms. The normalized spacial score (nSPS) is 17.5. The van der Waals surface area contributed by atoms with E-state index in [2.05, 4.69) is 4.99 Å². The Balaban J connectivity index is 3.38. The lowest BCUT2D eigenvalue weighted by Gasteiger charge is -2.13. The van der Waals surface area contributed by atoms with E-state index in [-0.39, 0.29) is 6.04 Å². The monoisotopic (exact) mass is 173 g/mol. The first-order chi connectivity index (χ1) is 5.54. The van der Waals surface area contributed by atoms with Crippen molar-refractivity contribution in [2.45, 2.75) is 38.8 Å². The zero-order chi connectivity index (χ0) is 9.56. The van der Waals surface area contributed by atoms with Crippen LogP contribution in [0, 0.1) is 0 Å². The van der Waals surface area contributed by atoms with Crippen molar-refractivity contribution in [3.05, 3.63) is 0 Å².